The Morgan fingerprint density at radius 3 is 2.76 bits per heavy atom. The van der Waals surface area contributed by atoms with Gasteiger partial charge in [0.25, 0.3) is 5.91 Å². The number of rotatable bonds is 2. The highest BCUT2D eigenvalue weighted by Crippen LogP contribution is 2.33. The van der Waals surface area contributed by atoms with E-state index in [1.807, 2.05) is 42.9 Å². The average Bonchev–Trinajstić information content (AvgIpc) is 3.10. The summed E-state index contributed by atoms with van der Waals surface area (Å²) in [5, 5.41) is 9.92. The highest BCUT2D eigenvalue weighted by Gasteiger charge is 2.30. The minimum Gasteiger partial charge on any atom is -0.351 e. The first-order valence-electron chi connectivity index (χ1n) is 6.22. The van der Waals surface area contributed by atoms with Crippen LogP contribution in [0.2, 0.25) is 0 Å². The van der Waals surface area contributed by atoms with Crippen LogP contribution in [0.15, 0.2) is 28.2 Å². The number of carbonyl (C=O) groups excluding carboxylic acids is 1. The van der Waals surface area contributed by atoms with Crippen molar-refractivity contribution in [2.24, 2.45) is 12.0 Å². The van der Waals surface area contributed by atoms with Gasteiger partial charge in [0.1, 0.15) is 5.01 Å². The number of carbonyl (C=O) groups is 1. The summed E-state index contributed by atoms with van der Waals surface area (Å²) in [5.41, 5.74) is 0.979. The van der Waals surface area contributed by atoms with Gasteiger partial charge < -0.3 is 4.57 Å². The van der Waals surface area contributed by atoms with Gasteiger partial charge in [-0.15, -0.1) is 10.2 Å². The van der Waals surface area contributed by atoms with Crippen molar-refractivity contribution in [3.05, 3.63) is 33.9 Å². The van der Waals surface area contributed by atoms with E-state index in [2.05, 4.69) is 15.2 Å². The van der Waals surface area contributed by atoms with Crippen LogP contribution in [-0.2, 0) is 11.8 Å². The third-order valence-corrected chi connectivity index (χ3v) is 4.77. The number of aliphatic imine (C=N–C) groups is 1. The van der Waals surface area contributed by atoms with Crippen molar-refractivity contribution in [3.8, 4) is 0 Å². The first-order chi connectivity index (χ1) is 10.0. The molecule has 0 bridgehead atoms. The Morgan fingerprint density at radius 1 is 1.33 bits per heavy atom. The molecule has 0 aromatic carbocycles. The predicted octanol–water partition coefficient (Wildman–Crippen LogP) is 2.42. The third kappa shape index (κ3) is 2.77. The molecule has 0 aliphatic carbocycles. The van der Waals surface area contributed by atoms with Gasteiger partial charge in [0, 0.05) is 26.0 Å². The van der Waals surface area contributed by atoms with Gasteiger partial charge in [-0.25, -0.2) is 0 Å². The molecule has 3 rings (SSSR count). The van der Waals surface area contributed by atoms with Crippen molar-refractivity contribution in [2.75, 3.05) is 7.05 Å². The molecule has 0 unspecified atom stereocenters. The quantitative estimate of drug-likeness (QED) is 0.798. The van der Waals surface area contributed by atoms with Gasteiger partial charge in [0.05, 0.1) is 4.91 Å². The predicted molar refractivity (Wildman–Crippen MR) is 85.5 cm³/mol. The Bertz CT molecular complexity index is 758. The van der Waals surface area contributed by atoms with Crippen molar-refractivity contribution in [3.63, 3.8) is 0 Å². The molecular formula is C13H13N5OS2. The molecule has 0 N–H and O–H groups in total. The van der Waals surface area contributed by atoms with Crippen LogP contribution in [-0.4, -0.2) is 37.8 Å². The summed E-state index contributed by atoms with van der Waals surface area (Å²) >= 11 is 2.75. The van der Waals surface area contributed by atoms with Crippen LogP contribution < -0.4 is 0 Å². The zero-order chi connectivity index (χ0) is 15.0. The lowest BCUT2D eigenvalue weighted by atomic mass is 10.3. The summed E-state index contributed by atoms with van der Waals surface area (Å²) < 4.78 is 1.96. The molecule has 0 radical (unpaired) electrons. The van der Waals surface area contributed by atoms with Crippen LogP contribution >= 0.6 is 23.1 Å². The normalized spacial score (nSPS) is 19.2. The SMILES string of the molecule is Cc1nnc(/N=C2/S/C(=C/c3cccn3C)C(=O)N2C)s1. The van der Waals surface area contributed by atoms with Crippen molar-refractivity contribution < 1.29 is 4.79 Å². The number of hydrogen-bond donors (Lipinski definition) is 0. The van der Waals surface area contributed by atoms with Gasteiger partial charge >= 0.3 is 0 Å². The number of aryl methyl sites for hydroxylation is 2. The number of hydrogen-bond acceptors (Lipinski definition) is 6. The summed E-state index contributed by atoms with van der Waals surface area (Å²) in [6.45, 7) is 1.87. The number of amidine groups is 1. The highest BCUT2D eigenvalue weighted by molar-refractivity contribution is 8.18. The van der Waals surface area contributed by atoms with E-state index in [1.54, 1.807) is 7.05 Å². The molecule has 1 aliphatic rings. The van der Waals surface area contributed by atoms with E-state index < -0.39 is 0 Å². The fourth-order valence-corrected chi connectivity index (χ4v) is 3.39. The van der Waals surface area contributed by atoms with Crippen molar-refractivity contribution >= 4 is 45.4 Å². The molecule has 0 spiro atoms. The minimum absolute atomic E-state index is 0.0545. The first-order valence-corrected chi connectivity index (χ1v) is 7.85. The molecule has 1 fully saturated rings. The van der Waals surface area contributed by atoms with Gasteiger partial charge in [0.2, 0.25) is 5.13 Å². The lowest BCUT2D eigenvalue weighted by molar-refractivity contribution is -0.121. The molecule has 1 aliphatic heterocycles. The van der Waals surface area contributed by atoms with Crippen molar-refractivity contribution in [1.29, 1.82) is 0 Å². The van der Waals surface area contributed by atoms with E-state index >= 15 is 0 Å². The topological polar surface area (TPSA) is 63.4 Å². The summed E-state index contributed by atoms with van der Waals surface area (Å²) in [6, 6.07) is 3.91. The van der Waals surface area contributed by atoms with Crippen molar-refractivity contribution in [1.82, 2.24) is 19.7 Å². The summed E-state index contributed by atoms with van der Waals surface area (Å²) in [7, 11) is 3.66. The fraction of sp³-hybridized carbons (Fsp3) is 0.231. The molecule has 1 amide bonds. The Labute approximate surface area is 130 Å². The van der Waals surface area contributed by atoms with Crippen molar-refractivity contribution in [2.45, 2.75) is 6.92 Å². The van der Waals surface area contributed by atoms with E-state index in [9.17, 15) is 4.79 Å². The van der Waals surface area contributed by atoms with E-state index in [4.69, 9.17) is 0 Å². The van der Waals surface area contributed by atoms with E-state index in [0.29, 0.717) is 15.2 Å². The van der Waals surface area contributed by atoms with Gasteiger partial charge in [-0.05, 0) is 36.9 Å². The van der Waals surface area contributed by atoms with Crippen LogP contribution in [0.5, 0.6) is 0 Å². The van der Waals surface area contributed by atoms with E-state index in [0.717, 1.165) is 10.7 Å². The second-order valence-electron chi connectivity index (χ2n) is 4.52. The Kier molecular flexibility index (Phi) is 3.64. The monoisotopic (exact) mass is 319 g/mol. The molecule has 2 aromatic heterocycles. The van der Waals surface area contributed by atoms with E-state index in [-0.39, 0.29) is 5.91 Å². The molecular weight excluding hydrogens is 306 g/mol. The maximum Gasteiger partial charge on any atom is 0.266 e. The molecule has 0 atom stereocenters. The van der Waals surface area contributed by atoms with Crippen LogP contribution in [0.25, 0.3) is 6.08 Å². The number of nitrogens with zero attached hydrogens (tertiary/aromatic N) is 5. The molecule has 6 nitrogen and oxygen atoms in total. The Hall–Kier alpha value is -1.93. The number of likely N-dealkylation sites (N-methyl/N-ethyl adjacent to an activating group) is 1. The van der Waals surface area contributed by atoms with Gasteiger partial charge in [-0.3, -0.25) is 9.69 Å². The average molecular weight is 319 g/mol. The summed E-state index contributed by atoms with van der Waals surface area (Å²) in [5.74, 6) is -0.0545. The van der Waals surface area contributed by atoms with Crippen LogP contribution in [0, 0.1) is 6.92 Å². The Balaban J connectivity index is 1.91. The van der Waals surface area contributed by atoms with Crippen LogP contribution in [0.4, 0.5) is 5.13 Å². The zero-order valence-electron chi connectivity index (χ0n) is 11.8. The number of amides is 1. The zero-order valence-corrected chi connectivity index (χ0v) is 13.4. The second kappa shape index (κ2) is 5.45. The minimum atomic E-state index is -0.0545. The van der Waals surface area contributed by atoms with E-state index in [1.165, 1.54) is 28.0 Å². The van der Waals surface area contributed by atoms with Gasteiger partial charge in [-0.2, -0.15) is 4.99 Å². The second-order valence-corrected chi connectivity index (χ2v) is 6.69. The molecule has 108 valence electrons. The third-order valence-electron chi connectivity index (χ3n) is 2.97. The fourth-order valence-electron chi connectivity index (χ4n) is 1.82. The lowest BCUT2D eigenvalue weighted by Crippen LogP contribution is -2.23. The number of thioether (sulfide) groups is 1. The van der Waals surface area contributed by atoms with Gasteiger partial charge in [0.15, 0.2) is 5.17 Å². The maximum atomic E-state index is 12.3. The Morgan fingerprint density at radius 2 is 2.14 bits per heavy atom. The molecule has 2 aromatic rings. The molecule has 21 heavy (non-hydrogen) atoms. The maximum absolute atomic E-state index is 12.3. The molecule has 8 heteroatoms. The highest BCUT2D eigenvalue weighted by atomic mass is 32.2. The molecule has 3 heterocycles. The number of aromatic nitrogens is 3. The lowest BCUT2D eigenvalue weighted by Gasteiger charge is -2.05. The first kappa shape index (κ1) is 14.0. The molecule has 1 saturated heterocycles. The van der Waals surface area contributed by atoms with Crippen LogP contribution in [0.3, 0.4) is 0 Å². The summed E-state index contributed by atoms with van der Waals surface area (Å²) in [6.07, 6.45) is 3.82. The summed E-state index contributed by atoms with van der Waals surface area (Å²) in [4.78, 5) is 18.8. The molecule has 0 saturated carbocycles. The standard InChI is InChI=1S/C13H13N5OS2/c1-8-15-16-12(20-8)14-13-18(3)11(19)10(21-13)7-9-5-4-6-17(9)2/h4-7H,1-3H3/b10-7+,14-13+. The van der Waals surface area contributed by atoms with Gasteiger partial charge in [-0.1, -0.05) is 11.3 Å². The largest absolute Gasteiger partial charge is 0.351 e. The van der Waals surface area contributed by atoms with Crippen LogP contribution in [0.1, 0.15) is 10.7 Å². The smallest absolute Gasteiger partial charge is 0.266 e.